The minimum absolute atomic E-state index is 0.292. The highest BCUT2D eigenvalue weighted by molar-refractivity contribution is 5.18. The predicted molar refractivity (Wildman–Crippen MR) is 76.6 cm³/mol. The highest BCUT2D eigenvalue weighted by atomic mass is 19.1. The normalized spacial score (nSPS) is 15.7. The van der Waals surface area contributed by atoms with E-state index in [0.717, 1.165) is 17.8 Å². The summed E-state index contributed by atoms with van der Waals surface area (Å²) in [4.78, 5) is 0. The van der Waals surface area contributed by atoms with E-state index in [2.05, 4.69) is 10.4 Å². The molecule has 0 unspecified atom stereocenters. The molecular weight excluding hydrogens is 272 g/mol. The molecule has 0 atom stereocenters. The van der Waals surface area contributed by atoms with Crippen LogP contribution in [0.4, 0.5) is 8.78 Å². The second-order valence-electron chi connectivity index (χ2n) is 5.56. The fourth-order valence-electron chi connectivity index (χ4n) is 2.85. The molecule has 1 aliphatic carbocycles. The lowest BCUT2D eigenvalue weighted by Gasteiger charge is -2.09. The van der Waals surface area contributed by atoms with Crippen LogP contribution in [0.25, 0.3) is 0 Å². The summed E-state index contributed by atoms with van der Waals surface area (Å²) in [5.74, 6) is -0.806. The summed E-state index contributed by atoms with van der Waals surface area (Å²) in [5, 5.41) is 7.66. The largest absolute Gasteiger partial charge is 0.307 e. The van der Waals surface area contributed by atoms with Crippen molar-refractivity contribution in [2.75, 3.05) is 0 Å². The number of benzene rings is 1. The summed E-state index contributed by atoms with van der Waals surface area (Å²) < 4.78 is 28.6. The number of hydrogen-bond donors (Lipinski definition) is 1. The van der Waals surface area contributed by atoms with E-state index in [4.69, 9.17) is 0 Å². The number of halogens is 2. The van der Waals surface area contributed by atoms with Crippen LogP contribution >= 0.6 is 0 Å². The zero-order valence-electron chi connectivity index (χ0n) is 11.9. The second kappa shape index (κ2) is 6.35. The summed E-state index contributed by atoms with van der Waals surface area (Å²) in [6.45, 7) is 0.843. The molecule has 1 aromatic carbocycles. The highest BCUT2D eigenvalue weighted by Gasteiger charge is 2.17. The van der Waals surface area contributed by atoms with Gasteiger partial charge in [-0.05, 0) is 37.1 Å². The first-order valence-electron chi connectivity index (χ1n) is 7.41. The Kier molecular flexibility index (Phi) is 4.29. The first-order chi connectivity index (χ1) is 10.2. The van der Waals surface area contributed by atoms with Crippen LogP contribution < -0.4 is 5.32 Å². The van der Waals surface area contributed by atoms with E-state index in [1.54, 1.807) is 0 Å². The van der Waals surface area contributed by atoms with Crippen molar-refractivity contribution in [2.24, 2.45) is 0 Å². The van der Waals surface area contributed by atoms with E-state index in [9.17, 15) is 8.78 Å². The van der Waals surface area contributed by atoms with Gasteiger partial charge in [0.2, 0.25) is 0 Å². The lowest BCUT2D eigenvalue weighted by atomic mass is 10.2. The third-order valence-corrected chi connectivity index (χ3v) is 3.99. The summed E-state index contributed by atoms with van der Waals surface area (Å²) >= 11 is 0. The van der Waals surface area contributed by atoms with Gasteiger partial charge in [-0.2, -0.15) is 5.10 Å². The molecule has 0 bridgehead atoms. The average Bonchev–Trinajstić information content (AvgIpc) is 3.13. The van der Waals surface area contributed by atoms with Crippen LogP contribution in [0.15, 0.2) is 30.5 Å². The van der Waals surface area contributed by atoms with Crippen LogP contribution in [0, 0.1) is 11.6 Å². The minimum atomic E-state index is -0.418. The van der Waals surface area contributed by atoms with Crippen molar-refractivity contribution in [3.05, 3.63) is 53.4 Å². The lowest BCUT2D eigenvalue weighted by Crippen LogP contribution is -2.15. The molecule has 1 aromatic heterocycles. The third-order valence-electron chi connectivity index (χ3n) is 3.99. The van der Waals surface area contributed by atoms with Gasteiger partial charge in [-0.1, -0.05) is 12.8 Å². The Balaban J connectivity index is 1.54. The zero-order chi connectivity index (χ0) is 14.7. The smallest absolute Gasteiger partial charge is 0.127 e. The molecule has 1 heterocycles. The summed E-state index contributed by atoms with van der Waals surface area (Å²) in [6.07, 6.45) is 6.95. The maximum absolute atomic E-state index is 13.5. The molecule has 2 aromatic rings. The predicted octanol–water partition coefficient (Wildman–Crippen LogP) is 3.57. The molecule has 3 nitrogen and oxygen atoms in total. The van der Waals surface area contributed by atoms with Gasteiger partial charge in [-0.3, -0.25) is 4.68 Å². The van der Waals surface area contributed by atoms with Crippen molar-refractivity contribution in [2.45, 2.75) is 44.8 Å². The van der Waals surface area contributed by atoms with E-state index < -0.39 is 5.82 Å². The van der Waals surface area contributed by atoms with E-state index in [-0.39, 0.29) is 5.82 Å². The fraction of sp³-hybridized carbons (Fsp3) is 0.438. The zero-order valence-corrected chi connectivity index (χ0v) is 11.9. The molecule has 0 spiro atoms. The second-order valence-corrected chi connectivity index (χ2v) is 5.56. The summed E-state index contributed by atoms with van der Waals surface area (Å²) in [7, 11) is 0. The molecule has 0 saturated heterocycles. The number of rotatable bonds is 5. The summed E-state index contributed by atoms with van der Waals surface area (Å²) in [5.41, 5.74) is 1.27. The maximum atomic E-state index is 13.5. The molecule has 1 N–H and O–H groups in total. The average molecular weight is 291 g/mol. The number of aromatic nitrogens is 2. The number of nitrogens with zero attached hydrogens (tertiary/aromatic N) is 2. The van der Waals surface area contributed by atoms with Crippen LogP contribution in [0.5, 0.6) is 0 Å². The SMILES string of the molecule is Fc1ccc(F)c(CNCc2ccn(C3CCCC3)n2)c1. The van der Waals surface area contributed by atoms with Crippen molar-refractivity contribution >= 4 is 0 Å². The first-order valence-corrected chi connectivity index (χ1v) is 7.41. The fourth-order valence-corrected chi connectivity index (χ4v) is 2.85. The van der Waals surface area contributed by atoms with Crippen LogP contribution in [0.1, 0.15) is 43.0 Å². The van der Waals surface area contributed by atoms with Gasteiger partial charge in [0.05, 0.1) is 11.7 Å². The topological polar surface area (TPSA) is 29.9 Å². The molecule has 1 saturated carbocycles. The minimum Gasteiger partial charge on any atom is -0.307 e. The molecule has 112 valence electrons. The maximum Gasteiger partial charge on any atom is 0.127 e. The van der Waals surface area contributed by atoms with Gasteiger partial charge in [0, 0.05) is 24.8 Å². The Hall–Kier alpha value is -1.75. The standard InChI is InChI=1S/C16H19F2N3/c17-13-5-6-16(18)12(9-13)10-19-11-14-7-8-21(20-14)15-3-1-2-4-15/h5-9,15,19H,1-4,10-11H2. The van der Waals surface area contributed by atoms with Crippen molar-refractivity contribution in [1.82, 2.24) is 15.1 Å². The molecule has 21 heavy (non-hydrogen) atoms. The Labute approximate surface area is 123 Å². The monoisotopic (exact) mass is 291 g/mol. The van der Waals surface area contributed by atoms with Crippen LogP contribution in [-0.4, -0.2) is 9.78 Å². The molecule has 1 aliphatic rings. The van der Waals surface area contributed by atoms with Crippen molar-refractivity contribution < 1.29 is 8.78 Å². The van der Waals surface area contributed by atoms with Gasteiger partial charge in [0.25, 0.3) is 0 Å². The molecule has 0 radical (unpaired) electrons. The molecule has 5 heteroatoms. The van der Waals surface area contributed by atoms with Gasteiger partial charge in [-0.15, -0.1) is 0 Å². The Morgan fingerprint density at radius 2 is 1.95 bits per heavy atom. The number of nitrogens with one attached hydrogen (secondary N) is 1. The quantitative estimate of drug-likeness (QED) is 0.912. The molecule has 3 rings (SSSR count). The number of hydrogen-bond acceptors (Lipinski definition) is 2. The van der Waals surface area contributed by atoms with E-state index in [1.807, 2.05) is 16.9 Å². The van der Waals surface area contributed by atoms with Crippen molar-refractivity contribution in [1.29, 1.82) is 0 Å². The van der Waals surface area contributed by atoms with Crippen molar-refractivity contribution in [3.8, 4) is 0 Å². The van der Waals surface area contributed by atoms with E-state index in [1.165, 1.54) is 31.7 Å². The van der Waals surface area contributed by atoms with Gasteiger partial charge >= 0.3 is 0 Å². The molecule has 0 aliphatic heterocycles. The lowest BCUT2D eigenvalue weighted by molar-refractivity contribution is 0.460. The molecular formula is C16H19F2N3. The van der Waals surface area contributed by atoms with Crippen LogP contribution in [0.3, 0.4) is 0 Å². The van der Waals surface area contributed by atoms with Crippen LogP contribution in [0.2, 0.25) is 0 Å². The van der Waals surface area contributed by atoms with E-state index >= 15 is 0 Å². The molecule has 0 amide bonds. The van der Waals surface area contributed by atoms with Gasteiger partial charge in [0.1, 0.15) is 11.6 Å². The van der Waals surface area contributed by atoms with Gasteiger partial charge < -0.3 is 5.32 Å². The molecule has 1 fully saturated rings. The Morgan fingerprint density at radius 1 is 1.14 bits per heavy atom. The van der Waals surface area contributed by atoms with Gasteiger partial charge in [0.15, 0.2) is 0 Å². The Bertz CT molecular complexity index is 603. The first kappa shape index (κ1) is 14.2. The van der Waals surface area contributed by atoms with Crippen molar-refractivity contribution in [3.63, 3.8) is 0 Å². The highest BCUT2D eigenvalue weighted by Crippen LogP contribution is 2.28. The summed E-state index contributed by atoms with van der Waals surface area (Å²) in [6, 6.07) is 6.01. The Morgan fingerprint density at radius 3 is 2.76 bits per heavy atom. The third kappa shape index (κ3) is 3.47. The van der Waals surface area contributed by atoms with E-state index in [0.29, 0.717) is 24.7 Å². The van der Waals surface area contributed by atoms with Crippen LogP contribution in [-0.2, 0) is 13.1 Å². The van der Waals surface area contributed by atoms with Gasteiger partial charge in [-0.25, -0.2) is 8.78 Å².